The van der Waals surface area contributed by atoms with Crippen LogP contribution in [0.1, 0.15) is 31.7 Å². The fourth-order valence-electron chi connectivity index (χ4n) is 0.728. The maximum atomic E-state index is 3.72. The molecule has 0 amide bonds. The van der Waals surface area contributed by atoms with Crippen molar-refractivity contribution in [1.82, 2.24) is 0 Å². The summed E-state index contributed by atoms with van der Waals surface area (Å²) in [4.78, 5) is 0. The Labute approximate surface area is 111 Å². The van der Waals surface area contributed by atoms with Crippen LogP contribution in [0, 0.1) is 13.8 Å². The molecule has 0 aliphatic carbocycles. The van der Waals surface area contributed by atoms with Crippen LogP contribution in [-0.2, 0) is 0 Å². The number of hydrogen-bond donors (Lipinski definition) is 0. The first-order chi connectivity index (χ1) is 5.81. The quantitative estimate of drug-likeness (QED) is 0.526. The van der Waals surface area contributed by atoms with E-state index in [2.05, 4.69) is 20.8 Å². The van der Waals surface area contributed by atoms with Crippen LogP contribution in [0.4, 0.5) is 0 Å². The average molecular weight is 223 g/mol. The summed E-state index contributed by atoms with van der Waals surface area (Å²) in [6, 6.07) is 9.87. The van der Waals surface area contributed by atoms with Gasteiger partial charge in [-0.3, -0.25) is 0 Å². The molecule has 0 radical (unpaired) electrons. The second-order valence-electron chi connectivity index (χ2n) is 2.69. The van der Waals surface area contributed by atoms with Crippen molar-refractivity contribution in [3.8, 4) is 0 Å². The number of rotatable bonds is 2. The molecule has 1 aromatic carbocycles. The van der Waals surface area contributed by atoms with Crippen molar-refractivity contribution < 1.29 is 0 Å². The summed E-state index contributed by atoms with van der Waals surface area (Å²) < 4.78 is 0. The van der Waals surface area contributed by atoms with Crippen LogP contribution in [0.25, 0.3) is 0 Å². The second kappa shape index (κ2) is 15.6. The van der Waals surface area contributed by atoms with E-state index in [1.165, 1.54) is 12.8 Å². The molecule has 0 bridgehead atoms. The van der Waals surface area contributed by atoms with Gasteiger partial charge in [-0.1, -0.05) is 25.8 Å². The molecule has 0 nitrogen and oxygen atoms in total. The number of halogens is 1. The Morgan fingerprint density at radius 3 is 1.79 bits per heavy atom. The van der Waals surface area contributed by atoms with Crippen LogP contribution in [0.5, 0.6) is 0 Å². The molecule has 0 unspecified atom stereocenters. The van der Waals surface area contributed by atoms with Gasteiger partial charge in [0.05, 0.1) is 0 Å². The SMILES string of the molecule is Cl.[CH2-]CCCC.[CH2-]c1ccccc1.[Mg+2]. The van der Waals surface area contributed by atoms with Gasteiger partial charge in [0, 0.05) is 0 Å². The molecule has 0 N–H and O–H groups in total. The van der Waals surface area contributed by atoms with Gasteiger partial charge >= 0.3 is 23.1 Å². The normalized spacial score (nSPS) is 7.29. The Hall–Kier alpha value is 0.146. The van der Waals surface area contributed by atoms with Crippen LogP contribution in [0.15, 0.2) is 30.3 Å². The molecule has 2 heteroatoms. The second-order valence-corrected chi connectivity index (χ2v) is 2.69. The zero-order valence-electron chi connectivity index (χ0n) is 9.04. The Kier molecular flexibility index (Phi) is 21.9. The van der Waals surface area contributed by atoms with E-state index in [4.69, 9.17) is 0 Å². The van der Waals surface area contributed by atoms with E-state index in [0.717, 1.165) is 12.0 Å². The van der Waals surface area contributed by atoms with Gasteiger partial charge in [0.15, 0.2) is 0 Å². The van der Waals surface area contributed by atoms with Crippen molar-refractivity contribution in [1.29, 1.82) is 0 Å². The van der Waals surface area contributed by atoms with Crippen LogP contribution in [0.3, 0.4) is 0 Å². The Bertz CT molecular complexity index is 173. The van der Waals surface area contributed by atoms with Gasteiger partial charge in [0.25, 0.3) is 0 Å². The molecule has 0 saturated heterocycles. The van der Waals surface area contributed by atoms with Gasteiger partial charge in [-0.15, -0.1) is 24.5 Å². The predicted molar refractivity (Wildman–Crippen MR) is 68.8 cm³/mol. The van der Waals surface area contributed by atoms with Gasteiger partial charge in [-0.05, 0) is 0 Å². The summed E-state index contributed by atoms with van der Waals surface area (Å²) in [5, 5.41) is 0. The van der Waals surface area contributed by atoms with E-state index >= 15 is 0 Å². The minimum absolute atomic E-state index is 0. The van der Waals surface area contributed by atoms with Gasteiger partial charge in [0.2, 0.25) is 0 Å². The van der Waals surface area contributed by atoms with Crippen molar-refractivity contribution in [2.75, 3.05) is 0 Å². The Morgan fingerprint density at radius 1 is 1.14 bits per heavy atom. The van der Waals surface area contributed by atoms with Crippen molar-refractivity contribution in [2.45, 2.75) is 26.2 Å². The first kappa shape index (κ1) is 19.7. The van der Waals surface area contributed by atoms with Gasteiger partial charge < -0.3 is 6.92 Å². The topological polar surface area (TPSA) is 0 Å². The zero-order chi connectivity index (χ0) is 9.23. The van der Waals surface area contributed by atoms with E-state index in [0.29, 0.717) is 0 Å². The molecule has 14 heavy (non-hydrogen) atoms. The van der Waals surface area contributed by atoms with E-state index in [-0.39, 0.29) is 35.5 Å². The smallest absolute Gasteiger partial charge is 0.343 e. The number of benzene rings is 1. The van der Waals surface area contributed by atoms with Crippen LogP contribution in [0.2, 0.25) is 0 Å². The third-order valence-electron chi connectivity index (χ3n) is 1.45. The number of unbranched alkanes of at least 4 members (excludes halogenated alkanes) is 2. The van der Waals surface area contributed by atoms with E-state index in [9.17, 15) is 0 Å². The largest absolute Gasteiger partial charge is 2.00 e. The molecular weight excluding hydrogens is 204 g/mol. The number of hydrogen-bond acceptors (Lipinski definition) is 0. The first-order valence-electron chi connectivity index (χ1n) is 4.47. The molecule has 0 aliphatic heterocycles. The van der Waals surface area contributed by atoms with Crippen LogP contribution >= 0.6 is 12.4 Å². The van der Waals surface area contributed by atoms with E-state index < -0.39 is 0 Å². The molecule has 0 spiro atoms. The molecule has 1 rings (SSSR count). The zero-order valence-corrected chi connectivity index (χ0v) is 11.3. The third kappa shape index (κ3) is 14.7. The fraction of sp³-hybridized carbons (Fsp3) is 0.333. The van der Waals surface area contributed by atoms with Gasteiger partial charge in [-0.2, -0.15) is 31.0 Å². The molecular formula is C12H19ClMg. The predicted octanol–water partition coefficient (Wildman–Crippen LogP) is 3.92. The van der Waals surface area contributed by atoms with Gasteiger partial charge in [0.1, 0.15) is 0 Å². The Morgan fingerprint density at radius 2 is 1.64 bits per heavy atom. The minimum Gasteiger partial charge on any atom is -0.343 e. The maximum Gasteiger partial charge on any atom is 2.00 e. The van der Waals surface area contributed by atoms with E-state index in [1.807, 2.05) is 30.3 Å². The summed E-state index contributed by atoms with van der Waals surface area (Å²) in [6.45, 7) is 9.57. The molecule has 0 saturated carbocycles. The molecule has 0 aliphatic rings. The minimum atomic E-state index is 0. The molecule has 0 atom stereocenters. The fourth-order valence-corrected chi connectivity index (χ4v) is 0.728. The first-order valence-corrected chi connectivity index (χ1v) is 4.47. The third-order valence-corrected chi connectivity index (χ3v) is 1.45. The summed E-state index contributed by atoms with van der Waals surface area (Å²) in [5.41, 5.74) is 1.07. The Balaban J connectivity index is -0.000000159. The van der Waals surface area contributed by atoms with Gasteiger partial charge in [-0.25, -0.2) is 0 Å². The van der Waals surface area contributed by atoms with Crippen LogP contribution < -0.4 is 0 Å². The van der Waals surface area contributed by atoms with Crippen molar-refractivity contribution >= 4 is 35.5 Å². The molecule has 0 aromatic heterocycles. The molecule has 1 aromatic rings. The van der Waals surface area contributed by atoms with Crippen molar-refractivity contribution in [3.05, 3.63) is 49.7 Å². The van der Waals surface area contributed by atoms with Crippen molar-refractivity contribution in [2.24, 2.45) is 0 Å². The summed E-state index contributed by atoms with van der Waals surface area (Å²) in [7, 11) is 0. The molecule has 76 valence electrons. The standard InChI is InChI=1S/C7H7.C5H11.ClH.Mg/c1-7-5-3-2-4-6-7;1-3-5-4-2;;/h2-6H,1H2;1,3-5H2,2H3;1H;/q2*-1;;+2. The average Bonchev–Trinajstić information content (AvgIpc) is 2.08. The monoisotopic (exact) mass is 222 g/mol. The molecule has 0 heterocycles. The molecule has 0 fully saturated rings. The summed E-state index contributed by atoms with van der Waals surface area (Å²) >= 11 is 0. The van der Waals surface area contributed by atoms with Crippen molar-refractivity contribution in [3.63, 3.8) is 0 Å². The van der Waals surface area contributed by atoms with E-state index in [1.54, 1.807) is 0 Å². The van der Waals surface area contributed by atoms with Crippen LogP contribution in [-0.4, -0.2) is 23.1 Å². The summed E-state index contributed by atoms with van der Waals surface area (Å²) in [6.07, 6.45) is 3.65. The maximum absolute atomic E-state index is 3.72. The summed E-state index contributed by atoms with van der Waals surface area (Å²) in [5.74, 6) is 0.